The summed E-state index contributed by atoms with van der Waals surface area (Å²) in [5, 5.41) is 28.5. The van der Waals surface area contributed by atoms with Crippen LogP contribution >= 0.6 is 11.6 Å². The fraction of sp³-hybridized carbons (Fsp3) is 0.240. The number of nitrogens with zero attached hydrogens (tertiary/aromatic N) is 4. The van der Waals surface area contributed by atoms with E-state index in [0.717, 1.165) is 24.1 Å². The molecule has 0 saturated heterocycles. The first kappa shape index (κ1) is 23.7. The van der Waals surface area contributed by atoms with Crippen LogP contribution in [-0.4, -0.2) is 30.4 Å². The highest BCUT2D eigenvalue weighted by Gasteiger charge is 2.38. The standard InChI is InChI=1S/C25H23BClFN8/c26-25(16-2-4-17(28)5-3-16,22-14-36(35-34-22)19-6-7-19)33-18-10-20-23(31-9-1-8-29)15(12-30)13-32-24(20)21(27)11-18/h2-5,10-11,13-14,19,33-35H,1,6-7,9,26H2,(H,31,32). The summed E-state index contributed by atoms with van der Waals surface area (Å²) in [4.78, 5) is 4.39. The molecule has 1 unspecified atom stereocenters. The van der Waals surface area contributed by atoms with E-state index >= 15 is 0 Å². The summed E-state index contributed by atoms with van der Waals surface area (Å²) in [6, 6.07) is 14.7. The van der Waals surface area contributed by atoms with Gasteiger partial charge in [0.05, 0.1) is 45.4 Å². The minimum Gasteiger partial charge on any atom is -0.382 e. The Morgan fingerprint density at radius 3 is 2.72 bits per heavy atom. The molecule has 1 aromatic heterocycles. The highest BCUT2D eigenvalue weighted by molar-refractivity contribution is 6.36. The summed E-state index contributed by atoms with van der Waals surface area (Å²) in [5.74, 6) is -0.316. The van der Waals surface area contributed by atoms with Crippen LogP contribution in [-0.2, 0) is 5.44 Å². The van der Waals surface area contributed by atoms with E-state index in [1.54, 1.807) is 18.2 Å². The van der Waals surface area contributed by atoms with Crippen LogP contribution in [0.5, 0.6) is 0 Å². The Morgan fingerprint density at radius 2 is 2.03 bits per heavy atom. The summed E-state index contributed by atoms with van der Waals surface area (Å²) < 4.78 is 13.8. The van der Waals surface area contributed by atoms with Crippen LogP contribution in [0.1, 0.15) is 30.4 Å². The summed E-state index contributed by atoms with van der Waals surface area (Å²) in [5.41, 5.74) is 9.55. The average Bonchev–Trinajstić information content (AvgIpc) is 3.60. The quantitative estimate of drug-likeness (QED) is 0.275. The maximum Gasteiger partial charge on any atom is 0.148 e. The van der Waals surface area contributed by atoms with Gasteiger partial charge >= 0.3 is 0 Å². The topological polar surface area (TPSA) is 112 Å². The molecule has 2 heterocycles. The van der Waals surface area contributed by atoms with Gasteiger partial charge in [-0.15, -0.1) is 5.53 Å². The smallest absolute Gasteiger partial charge is 0.148 e. The molecule has 1 saturated carbocycles. The van der Waals surface area contributed by atoms with Gasteiger partial charge in [0.25, 0.3) is 0 Å². The fourth-order valence-electron chi connectivity index (χ4n) is 4.35. The van der Waals surface area contributed by atoms with Crippen molar-refractivity contribution in [1.29, 1.82) is 10.5 Å². The summed E-state index contributed by atoms with van der Waals surface area (Å²) >= 11 is 6.65. The third-order valence-corrected chi connectivity index (χ3v) is 6.75. The maximum atomic E-state index is 13.8. The van der Waals surface area contributed by atoms with Gasteiger partial charge in [-0.25, -0.2) is 4.39 Å². The number of nitriles is 2. The lowest BCUT2D eigenvalue weighted by atomic mass is 9.69. The minimum atomic E-state index is -0.782. The van der Waals surface area contributed by atoms with Gasteiger partial charge in [0.15, 0.2) is 0 Å². The normalized spacial score (nSPS) is 16.4. The predicted octanol–water partition coefficient (Wildman–Crippen LogP) is 3.45. The zero-order valence-corrected chi connectivity index (χ0v) is 20.3. The minimum absolute atomic E-state index is 0.285. The number of hydrogen-bond acceptors (Lipinski definition) is 8. The van der Waals surface area contributed by atoms with Gasteiger partial charge in [-0.05, 0) is 42.7 Å². The number of benzene rings is 2. The van der Waals surface area contributed by atoms with Crippen molar-refractivity contribution in [1.82, 2.24) is 21.0 Å². The molecular weight excluding hydrogens is 478 g/mol. The van der Waals surface area contributed by atoms with Crippen LogP contribution in [0.3, 0.4) is 0 Å². The van der Waals surface area contributed by atoms with Crippen molar-refractivity contribution in [2.24, 2.45) is 0 Å². The first-order chi connectivity index (χ1) is 17.4. The molecule has 36 heavy (non-hydrogen) atoms. The summed E-state index contributed by atoms with van der Waals surface area (Å²) in [6.45, 7) is 0.381. The van der Waals surface area contributed by atoms with Crippen molar-refractivity contribution in [3.05, 3.63) is 76.5 Å². The number of aromatic nitrogens is 1. The third kappa shape index (κ3) is 4.49. The Labute approximate surface area is 214 Å². The van der Waals surface area contributed by atoms with E-state index in [0.29, 0.717) is 45.5 Å². The van der Waals surface area contributed by atoms with Crippen molar-refractivity contribution in [3.8, 4) is 12.1 Å². The molecule has 1 aliphatic heterocycles. The number of anilines is 2. The van der Waals surface area contributed by atoms with Gasteiger partial charge in [-0.3, -0.25) is 9.99 Å². The lowest BCUT2D eigenvalue weighted by molar-refractivity contribution is 0.260. The number of fused-ring (bicyclic) bond motifs is 1. The van der Waals surface area contributed by atoms with Gasteiger partial charge in [0, 0.05) is 36.1 Å². The molecule has 0 bridgehead atoms. The number of halogens is 2. The molecule has 2 aromatic carbocycles. The Hall–Kier alpha value is -3.99. The van der Waals surface area contributed by atoms with Gasteiger partial charge in [-0.2, -0.15) is 10.5 Å². The van der Waals surface area contributed by atoms with Gasteiger partial charge < -0.3 is 16.1 Å². The molecule has 180 valence electrons. The second-order valence-electron chi connectivity index (χ2n) is 9.02. The van der Waals surface area contributed by atoms with E-state index in [9.17, 15) is 9.65 Å². The Morgan fingerprint density at radius 1 is 1.25 bits per heavy atom. The Balaban J connectivity index is 1.59. The van der Waals surface area contributed by atoms with Gasteiger partial charge in [-0.1, -0.05) is 23.7 Å². The van der Waals surface area contributed by atoms with Gasteiger partial charge in [0.1, 0.15) is 19.7 Å². The molecule has 5 rings (SSSR count). The number of hydrogen-bond donors (Lipinski definition) is 4. The molecule has 0 radical (unpaired) electrons. The highest BCUT2D eigenvalue weighted by Crippen LogP contribution is 2.38. The first-order valence-electron chi connectivity index (χ1n) is 11.6. The first-order valence-corrected chi connectivity index (χ1v) is 12.0. The number of rotatable bonds is 8. The average molecular weight is 501 g/mol. The van der Waals surface area contributed by atoms with Crippen molar-refractivity contribution >= 4 is 41.7 Å². The maximum absolute atomic E-state index is 13.8. The van der Waals surface area contributed by atoms with Crippen molar-refractivity contribution in [2.75, 3.05) is 17.2 Å². The van der Waals surface area contributed by atoms with Crippen molar-refractivity contribution in [2.45, 2.75) is 30.7 Å². The molecular formula is C25H23BClFN8. The Bertz CT molecular complexity index is 1430. The zero-order chi connectivity index (χ0) is 25.3. The van der Waals surface area contributed by atoms with E-state index in [-0.39, 0.29) is 12.2 Å². The van der Waals surface area contributed by atoms with E-state index < -0.39 is 5.44 Å². The SMILES string of the molecule is BC(Nc1cc(Cl)c2ncc(C#N)c(NCCC#N)c2c1)(C1=CN(C2CC2)NN1)c1ccc(F)cc1. The molecule has 8 nitrogen and oxygen atoms in total. The molecule has 1 aliphatic carbocycles. The van der Waals surface area contributed by atoms with Crippen LogP contribution in [0, 0.1) is 28.5 Å². The number of pyridine rings is 1. The lowest BCUT2D eigenvalue weighted by Gasteiger charge is -2.34. The fourth-order valence-corrected chi connectivity index (χ4v) is 4.62. The largest absolute Gasteiger partial charge is 0.382 e. The van der Waals surface area contributed by atoms with Crippen LogP contribution < -0.4 is 21.6 Å². The van der Waals surface area contributed by atoms with Gasteiger partial charge in [0.2, 0.25) is 0 Å². The lowest BCUT2D eigenvalue weighted by Crippen LogP contribution is -2.45. The zero-order valence-electron chi connectivity index (χ0n) is 19.6. The molecule has 3 aromatic rings. The number of nitrogens with one attached hydrogen (secondary N) is 4. The molecule has 2 aliphatic rings. The van der Waals surface area contributed by atoms with Crippen LogP contribution in [0.15, 0.2) is 54.5 Å². The molecule has 0 spiro atoms. The molecule has 11 heteroatoms. The van der Waals surface area contributed by atoms with Crippen molar-refractivity contribution < 1.29 is 4.39 Å². The van der Waals surface area contributed by atoms with E-state index in [1.165, 1.54) is 18.3 Å². The second kappa shape index (κ2) is 9.58. The van der Waals surface area contributed by atoms with Crippen LogP contribution in [0.25, 0.3) is 10.9 Å². The number of hydrazine groups is 2. The Kier molecular flexibility index (Phi) is 6.32. The predicted molar refractivity (Wildman–Crippen MR) is 140 cm³/mol. The monoisotopic (exact) mass is 500 g/mol. The summed E-state index contributed by atoms with van der Waals surface area (Å²) in [6.07, 6.45) is 6.03. The van der Waals surface area contributed by atoms with Crippen LogP contribution in [0.2, 0.25) is 5.02 Å². The molecule has 4 N–H and O–H groups in total. The molecule has 1 atom stereocenters. The van der Waals surface area contributed by atoms with E-state index in [4.69, 9.17) is 16.9 Å². The van der Waals surface area contributed by atoms with Crippen molar-refractivity contribution in [3.63, 3.8) is 0 Å². The molecule has 1 fully saturated rings. The second-order valence-corrected chi connectivity index (χ2v) is 9.43. The van der Waals surface area contributed by atoms with E-state index in [2.05, 4.69) is 38.7 Å². The third-order valence-electron chi connectivity index (χ3n) is 6.47. The highest BCUT2D eigenvalue weighted by atomic mass is 35.5. The summed E-state index contributed by atoms with van der Waals surface area (Å²) in [7, 11) is 2.01. The van der Waals surface area contributed by atoms with E-state index in [1.807, 2.05) is 25.1 Å². The molecule has 0 amide bonds. The van der Waals surface area contributed by atoms with Crippen LogP contribution in [0.4, 0.5) is 15.8 Å².